The molecular weight excluding hydrogens is 408 g/mol. The molecule has 1 rings (SSSR count). The van der Waals surface area contributed by atoms with E-state index in [1.54, 1.807) is 19.1 Å². The largest absolute Gasteiger partial charge is 0.385 e. The van der Waals surface area contributed by atoms with E-state index in [9.17, 15) is 13.5 Å². The van der Waals surface area contributed by atoms with Crippen LogP contribution in [0.2, 0.25) is 0 Å². The van der Waals surface area contributed by atoms with Gasteiger partial charge in [0.15, 0.2) is 0 Å². The first-order valence-corrected chi connectivity index (χ1v) is 12.4. The maximum absolute atomic E-state index is 13.3. The lowest BCUT2D eigenvalue weighted by Crippen LogP contribution is -2.28. The molecule has 0 aliphatic carbocycles. The summed E-state index contributed by atoms with van der Waals surface area (Å²) in [5, 5.41) is 10.7. The smallest absolute Gasteiger partial charge is 0.297 e. The molecule has 0 saturated heterocycles. The Morgan fingerprint density at radius 2 is 1.58 bits per heavy atom. The van der Waals surface area contributed by atoms with E-state index in [0.29, 0.717) is 11.5 Å². The second-order valence-corrected chi connectivity index (χ2v) is 10.8. The second kappa shape index (κ2) is 11.3. The Morgan fingerprint density at radius 3 is 2.00 bits per heavy atom. The molecule has 0 amide bonds. The van der Waals surface area contributed by atoms with E-state index in [4.69, 9.17) is 4.18 Å². The lowest BCUT2D eigenvalue weighted by Gasteiger charge is -2.25. The number of hydrogen-bond donors (Lipinski definition) is 1. The molecule has 0 aliphatic rings. The second-order valence-electron chi connectivity index (χ2n) is 9.20. The van der Waals surface area contributed by atoms with Crippen molar-refractivity contribution in [3.63, 3.8) is 0 Å². The van der Waals surface area contributed by atoms with Crippen molar-refractivity contribution in [2.45, 2.75) is 90.1 Å². The fourth-order valence-corrected chi connectivity index (χ4v) is 4.80. The summed E-state index contributed by atoms with van der Waals surface area (Å²) < 4.78 is 32.0. The van der Waals surface area contributed by atoms with Crippen LogP contribution >= 0.6 is 0 Å². The van der Waals surface area contributed by atoms with Crippen molar-refractivity contribution in [1.29, 1.82) is 0 Å². The Balaban J connectivity index is 3.23. The first-order chi connectivity index (χ1) is 14.2. The highest BCUT2D eigenvalue weighted by molar-refractivity contribution is 7.86. The van der Waals surface area contributed by atoms with E-state index in [1.807, 2.05) is 58.9 Å². The van der Waals surface area contributed by atoms with E-state index in [-0.39, 0.29) is 29.8 Å². The molecule has 0 saturated carbocycles. The van der Waals surface area contributed by atoms with Crippen LogP contribution in [0.3, 0.4) is 0 Å². The first-order valence-electron chi connectivity index (χ1n) is 11.0. The Morgan fingerprint density at radius 1 is 1.06 bits per heavy atom. The molecule has 0 radical (unpaired) electrons. The summed E-state index contributed by atoms with van der Waals surface area (Å²) in [5.41, 5.74) is 1.91. The fraction of sp³-hybridized carbons (Fsp3) is 0.538. The van der Waals surface area contributed by atoms with Crippen LogP contribution in [0.5, 0.6) is 0 Å². The summed E-state index contributed by atoms with van der Waals surface area (Å²) in [4.78, 5) is 0.272. The third-order valence-corrected chi connectivity index (χ3v) is 6.90. The van der Waals surface area contributed by atoms with Gasteiger partial charge in [0.2, 0.25) is 0 Å². The Bertz CT molecular complexity index is 888. The predicted octanol–water partition coefficient (Wildman–Crippen LogP) is 6.59. The molecule has 31 heavy (non-hydrogen) atoms. The van der Waals surface area contributed by atoms with E-state index >= 15 is 0 Å². The van der Waals surface area contributed by atoms with Crippen LogP contribution in [0.1, 0.15) is 96.3 Å². The molecule has 1 N–H and O–H groups in total. The minimum absolute atomic E-state index is 0.0317. The molecule has 0 fully saturated rings. The van der Waals surface area contributed by atoms with E-state index in [1.165, 1.54) is 0 Å². The van der Waals surface area contributed by atoms with Crippen LogP contribution in [-0.2, 0) is 14.3 Å². The lowest BCUT2D eigenvalue weighted by molar-refractivity contribution is 0.0767. The van der Waals surface area contributed by atoms with Crippen molar-refractivity contribution in [3.8, 4) is 0 Å². The predicted molar refractivity (Wildman–Crippen MR) is 130 cm³/mol. The average molecular weight is 449 g/mol. The number of benzene rings is 1. The zero-order chi connectivity index (χ0) is 24.0. The van der Waals surface area contributed by atoms with Crippen molar-refractivity contribution >= 4 is 10.1 Å². The number of aliphatic hydroxyl groups is 1. The van der Waals surface area contributed by atoms with Gasteiger partial charge in [-0.05, 0) is 53.9 Å². The van der Waals surface area contributed by atoms with Gasteiger partial charge in [-0.3, -0.25) is 4.18 Å². The number of hydrogen-bond acceptors (Lipinski definition) is 4. The molecule has 4 nitrogen and oxygen atoms in total. The maximum atomic E-state index is 13.3. The van der Waals surface area contributed by atoms with Gasteiger partial charge in [-0.1, -0.05) is 84.6 Å². The van der Waals surface area contributed by atoms with E-state index in [0.717, 1.165) is 16.7 Å². The lowest BCUT2D eigenvalue weighted by atomic mass is 9.89. The van der Waals surface area contributed by atoms with Crippen LogP contribution in [0.25, 0.3) is 0 Å². The van der Waals surface area contributed by atoms with Crippen LogP contribution < -0.4 is 0 Å². The van der Waals surface area contributed by atoms with Gasteiger partial charge in [-0.15, -0.1) is 0 Å². The molecule has 1 atom stereocenters. The number of rotatable bonds is 11. The minimum Gasteiger partial charge on any atom is -0.385 e. The zero-order valence-electron chi connectivity index (χ0n) is 20.4. The van der Waals surface area contributed by atoms with Crippen molar-refractivity contribution < 1.29 is 17.7 Å². The standard InChI is InChI=1S/C26H40O4S/c1-10-11-12-13-21(8)26(9,27)14-15-30-31(28,29)25-23(19(4)5)16-22(18(2)3)17-24(25)20(6)7/h10-13,16-20,27H,8,14-15H2,1-7,9H3. The van der Waals surface area contributed by atoms with E-state index in [2.05, 4.69) is 20.4 Å². The summed E-state index contributed by atoms with van der Waals surface area (Å²) in [6.07, 6.45) is 7.33. The fourth-order valence-electron chi connectivity index (χ4n) is 3.21. The van der Waals surface area contributed by atoms with Crippen LogP contribution in [-0.4, -0.2) is 25.7 Å². The van der Waals surface area contributed by atoms with Gasteiger partial charge in [0.05, 0.1) is 12.2 Å². The van der Waals surface area contributed by atoms with Crippen molar-refractivity contribution in [2.24, 2.45) is 0 Å². The molecule has 0 aliphatic heterocycles. The van der Waals surface area contributed by atoms with Gasteiger partial charge >= 0.3 is 0 Å². The first kappa shape index (κ1) is 27.3. The van der Waals surface area contributed by atoms with Gasteiger partial charge in [0.25, 0.3) is 10.1 Å². The molecule has 1 aromatic carbocycles. The van der Waals surface area contributed by atoms with Crippen molar-refractivity contribution in [1.82, 2.24) is 0 Å². The molecule has 5 heteroatoms. The van der Waals surface area contributed by atoms with Crippen LogP contribution in [0, 0.1) is 0 Å². The molecule has 0 heterocycles. The van der Waals surface area contributed by atoms with Crippen molar-refractivity contribution in [2.75, 3.05) is 6.61 Å². The van der Waals surface area contributed by atoms with Gasteiger partial charge < -0.3 is 5.11 Å². The van der Waals surface area contributed by atoms with Gasteiger partial charge in [0.1, 0.15) is 4.90 Å². The zero-order valence-corrected chi connectivity index (χ0v) is 21.2. The quantitative estimate of drug-likeness (QED) is 0.306. The van der Waals surface area contributed by atoms with E-state index < -0.39 is 15.7 Å². The minimum atomic E-state index is -3.99. The van der Waals surface area contributed by atoms with Gasteiger partial charge in [0, 0.05) is 6.42 Å². The summed E-state index contributed by atoms with van der Waals surface area (Å²) >= 11 is 0. The van der Waals surface area contributed by atoms with Crippen molar-refractivity contribution in [3.05, 3.63) is 65.3 Å². The highest BCUT2D eigenvalue weighted by Crippen LogP contribution is 2.36. The van der Waals surface area contributed by atoms with Crippen LogP contribution in [0.4, 0.5) is 0 Å². The third kappa shape index (κ3) is 7.44. The molecular formula is C26H40O4S. The highest BCUT2D eigenvalue weighted by Gasteiger charge is 2.29. The average Bonchev–Trinajstić information content (AvgIpc) is 2.66. The monoisotopic (exact) mass is 448 g/mol. The summed E-state index contributed by atoms with van der Waals surface area (Å²) in [6.45, 7) is 19.5. The topological polar surface area (TPSA) is 63.6 Å². The molecule has 1 aromatic rings. The molecule has 1 unspecified atom stereocenters. The SMILES string of the molecule is C=C(C=CC=CC)C(C)(O)CCOS(=O)(=O)c1c(C(C)C)cc(C(C)C)cc1C(C)C. The number of allylic oxidation sites excluding steroid dienone is 3. The Kier molecular flexibility index (Phi) is 9.93. The summed E-state index contributed by atoms with van der Waals surface area (Å²) in [5.74, 6) is 0.359. The van der Waals surface area contributed by atoms with Gasteiger partial charge in [-0.2, -0.15) is 8.42 Å². The highest BCUT2D eigenvalue weighted by atomic mass is 32.2. The normalized spacial score (nSPS) is 15.0. The summed E-state index contributed by atoms with van der Waals surface area (Å²) in [6, 6.07) is 3.98. The molecule has 0 bridgehead atoms. The third-order valence-electron chi connectivity index (χ3n) is 5.45. The Hall–Kier alpha value is -1.69. The van der Waals surface area contributed by atoms with Gasteiger partial charge in [-0.25, -0.2) is 0 Å². The molecule has 174 valence electrons. The van der Waals surface area contributed by atoms with Crippen LogP contribution in [0.15, 0.2) is 53.5 Å². The summed E-state index contributed by atoms with van der Waals surface area (Å²) in [7, 11) is -3.99. The Labute approximate surface area is 189 Å². The molecule has 0 aromatic heterocycles. The molecule has 0 spiro atoms. The maximum Gasteiger partial charge on any atom is 0.297 e.